The average molecular weight is 317 g/mol. The van der Waals surface area contributed by atoms with Gasteiger partial charge in [-0.3, -0.25) is 4.79 Å². The molecule has 0 atom stereocenters. The summed E-state index contributed by atoms with van der Waals surface area (Å²) in [4.78, 5) is 13.0. The van der Waals surface area contributed by atoms with Crippen LogP contribution in [0.3, 0.4) is 0 Å². The molecule has 0 aliphatic carbocycles. The van der Waals surface area contributed by atoms with Crippen LogP contribution in [0.1, 0.15) is 58.3 Å². The van der Waals surface area contributed by atoms with Crippen LogP contribution < -0.4 is 0 Å². The Morgan fingerprint density at radius 3 is 1.83 bits per heavy atom. The van der Waals surface area contributed by atoms with E-state index in [-0.39, 0.29) is 0 Å². The van der Waals surface area contributed by atoms with Crippen LogP contribution in [-0.2, 0) is 4.79 Å². The molecule has 0 rings (SSSR count). The Labute approximate surface area is 126 Å². The van der Waals surface area contributed by atoms with Gasteiger partial charge in [0, 0.05) is 13.6 Å². The Bertz CT molecular complexity index is 229. The summed E-state index contributed by atoms with van der Waals surface area (Å²) in [6.07, 6.45) is 9.87. The lowest BCUT2D eigenvalue weighted by atomic mass is 10.1. The Morgan fingerprint density at radius 1 is 0.944 bits per heavy atom. The molecule has 0 bridgehead atoms. The van der Waals surface area contributed by atoms with E-state index < -0.39 is 9.70 Å². The lowest BCUT2D eigenvalue weighted by Crippen LogP contribution is -2.37. The number of hydrogen-bond acceptors (Lipinski definition) is 1. The summed E-state index contributed by atoms with van der Waals surface area (Å²) in [6, 6.07) is 0. The zero-order valence-corrected chi connectivity index (χ0v) is 13.6. The molecule has 5 heteroatoms. The largest absolute Gasteiger partial charge is 0.342 e. The predicted molar refractivity (Wildman–Crippen MR) is 80.5 cm³/mol. The monoisotopic (exact) mass is 315 g/mol. The van der Waals surface area contributed by atoms with Crippen molar-refractivity contribution >= 4 is 40.7 Å². The number of carbonyl (C=O) groups is 1. The molecule has 0 aromatic heterocycles. The van der Waals surface area contributed by atoms with E-state index in [1.807, 2.05) is 0 Å². The van der Waals surface area contributed by atoms with Crippen molar-refractivity contribution < 1.29 is 4.79 Å². The lowest BCUT2D eigenvalue weighted by molar-refractivity contribution is -0.129. The van der Waals surface area contributed by atoms with Gasteiger partial charge in [0.05, 0.1) is 0 Å². The Hall–Kier alpha value is 0.340. The third-order valence-corrected chi connectivity index (χ3v) is 3.42. The number of alkyl halides is 3. The van der Waals surface area contributed by atoms with Crippen molar-refractivity contribution in [2.24, 2.45) is 0 Å². The maximum Gasteiger partial charge on any atom is 0.274 e. The van der Waals surface area contributed by atoms with E-state index in [2.05, 4.69) is 6.92 Å². The smallest absolute Gasteiger partial charge is 0.274 e. The highest BCUT2D eigenvalue weighted by Gasteiger charge is 2.33. The Balaban J connectivity index is 3.46. The molecule has 0 saturated carbocycles. The standard InChI is InChI=1S/C13H24Cl3NO/c1-3-4-5-6-7-8-9-10-11-17(2)12(18)13(14,15)16/h3-11H2,1-2H3. The van der Waals surface area contributed by atoms with Gasteiger partial charge in [-0.15, -0.1) is 0 Å². The molecule has 0 heterocycles. The van der Waals surface area contributed by atoms with Gasteiger partial charge in [0.2, 0.25) is 0 Å². The van der Waals surface area contributed by atoms with Gasteiger partial charge in [0.15, 0.2) is 0 Å². The molecule has 0 aliphatic heterocycles. The van der Waals surface area contributed by atoms with Crippen molar-refractivity contribution in [1.29, 1.82) is 0 Å². The summed E-state index contributed by atoms with van der Waals surface area (Å²) in [7, 11) is 1.67. The summed E-state index contributed by atoms with van der Waals surface area (Å²) in [6.45, 7) is 2.87. The molecule has 18 heavy (non-hydrogen) atoms. The van der Waals surface area contributed by atoms with Gasteiger partial charge in [-0.25, -0.2) is 0 Å². The second kappa shape index (κ2) is 10.2. The zero-order valence-electron chi connectivity index (χ0n) is 11.4. The van der Waals surface area contributed by atoms with E-state index in [4.69, 9.17) is 34.8 Å². The van der Waals surface area contributed by atoms with Crippen molar-refractivity contribution in [3.63, 3.8) is 0 Å². The highest BCUT2D eigenvalue weighted by molar-refractivity contribution is 6.76. The topological polar surface area (TPSA) is 20.3 Å². The number of amides is 1. The first kappa shape index (κ1) is 18.3. The lowest BCUT2D eigenvalue weighted by Gasteiger charge is -2.21. The van der Waals surface area contributed by atoms with Crippen molar-refractivity contribution in [2.45, 2.75) is 62.1 Å². The molecule has 2 nitrogen and oxygen atoms in total. The van der Waals surface area contributed by atoms with Crippen molar-refractivity contribution in [2.75, 3.05) is 13.6 Å². The van der Waals surface area contributed by atoms with E-state index in [9.17, 15) is 4.79 Å². The van der Waals surface area contributed by atoms with Crippen molar-refractivity contribution in [1.82, 2.24) is 4.90 Å². The summed E-state index contributed by atoms with van der Waals surface area (Å²) in [5.41, 5.74) is 0. The first-order chi connectivity index (χ1) is 8.39. The molecule has 0 spiro atoms. The molecule has 0 radical (unpaired) electrons. The molecule has 1 amide bonds. The molecule has 0 saturated heterocycles. The molecule has 0 aromatic carbocycles. The summed E-state index contributed by atoms with van der Waals surface area (Å²) < 4.78 is -1.82. The fraction of sp³-hybridized carbons (Fsp3) is 0.923. The Morgan fingerprint density at radius 2 is 1.39 bits per heavy atom. The van der Waals surface area contributed by atoms with Gasteiger partial charge in [0.25, 0.3) is 9.70 Å². The minimum Gasteiger partial charge on any atom is -0.342 e. The number of halogens is 3. The molecule has 0 unspecified atom stereocenters. The fourth-order valence-electron chi connectivity index (χ4n) is 1.80. The van der Waals surface area contributed by atoms with Gasteiger partial charge < -0.3 is 4.90 Å². The quantitative estimate of drug-likeness (QED) is 0.435. The number of carbonyl (C=O) groups excluding carboxylic acids is 1. The van der Waals surface area contributed by atoms with Crippen molar-refractivity contribution in [3.8, 4) is 0 Å². The maximum atomic E-state index is 11.5. The van der Waals surface area contributed by atoms with E-state index >= 15 is 0 Å². The van der Waals surface area contributed by atoms with Gasteiger partial charge in [-0.1, -0.05) is 86.7 Å². The maximum absolute atomic E-state index is 11.5. The van der Waals surface area contributed by atoms with E-state index in [0.29, 0.717) is 6.54 Å². The van der Waals surface area contributed by atoms with Crippen LogP contribution in [0.25, 0.3) is 0 Å². The summed E-state index contributed by atoms with van der Waals surface area (Å²) in [5, 5.41) is 0. The van der Waals surface area contributed by atoms with Crippen LogP contribution in [0.4, 0.5) is 0 Å². The average Bonchev–Trinajstić information content (AvgIpc) is 2.30. The first-order valence-electron chi connectivity index (χ1n) is 6.72. The van der Waals surface area contributed by atoms with Crippen LogP contribution in [0, 0.1) is 0 Å². The predicted octanol–water partition coefficient (Wildman–Crippen LogP) is 4.96. The molecule has 0 N–H and O–H groups in total. The highest BCUT2D eigenvalue weighted by atomic mass is 35.6. The minimum absolute atomic E-state index is 0.449. The van der Waals surface area contributed by atoms with Gasteiger partial charge in [-0.2, -0.15) is 0 Å². The van der Waals surface area contributed by atoms with Crippen LogP contribution in [0.15, 0.2) is 0 Å². The number of rotatable bonds is 9. The first-order valence-corrected chi connectivity index (χ1v) is 7.85. The summed E-state index contributed by atoms with van der Waals surface area (Å²) >= 11 is 16.6. The van der Waals surface area contributed by atoms with Crippen LogP contribution >= 0.6 is 34.8 Å². The van der Waals surface area contributed by atoms with E-state index in [0.717, 1.165) is 12.8 Å². The van der Waals surface area contributed by atoms with Crippen LogP contribution in [0.2, 0.25) is 0 Å². The van der Waals surface area contributed by atoms with Gasteiger partial charge >= 0.3 is 0 Å². The Kier molecular flexibility index (Phi) is 10.4. The summed E-state index contributed by atoms with van der Waals surface area (Å²) in [5.74, 6) is -0.449. The molecule has 0 aromatic rings. The number of unbranched alkanes of at least 4 members (excludes halogenated alkanes) is 7. The molecular formula is C13H24Cl3NO. The van der Waals surface area contributed by atoms with Crippen molar-refractivity contribution in [3.05, 3.63) is 0 Å². The highest BCUT2D eigenvalue weighted by Crippen LogP contribution is 2.28. The zero-order chi connectivity index (χ0) is 14.0. The SMILES string of the molecule is CCCCCCCCCCN(C)C(=O)C(Cl)(Cl)Cl. The second-order valence-electron chi connectivity index (χ2n) is 4.70. The minimum atomic E-state index is -1.82. The molecular weight excluding hydrogens is 293 g/mol. The normalized spacial score (nSPS) is 11.6. The molecule has 108 valence electrons. The van der Waals surface area contributed by atoms with Crippen LogP contribution in [-0.4, -0.2) is 28.2 Å². The molecule has 0 aliphatic rings. The number of nitrogens with zero attached hydrogens (tertiary/aromatic N) is 1. The number of hydrogen-bond donors (Lipinski definition) is 0. The second-order valence-corrected chi connectivity index (χ2v) is 6.98. The van der Waals surface area contributed by atoms with Gasteiger partial charge in [0.1, 0.15) is 0 Å². The van der Waals surface area contributed by atoms with Crippen LogP contribution in [0.5, 0.6) is 0 Å². The fourth-order valence-corrected chi connectivity index (χ4v) is 2.23. The third kappa shape index (κ3) is 9.29. The van der Waals surface area contributed by atoms with E-state index in [1.165, 1.54) is 43.4 Å². The van der Waals surface area contributed by atoms with E-state index in [1.54, 1.807) is 7.05 Å². The van der Waals surface area contributed by atoms with Gasteiger partial charge in [-0.05, 0) is 6.42 Å². The molecule has 0 fully saturated rings. The third-order valence-electron chi connectivity index (χ3n) is 2.94.